The molecule has 5 heteroatoms. The molecule has 1 saturated carbocycles. The van der Waals surface area contributed by atoms with Gasteiger partial charge in [0.2, 0.25) is 5.91 Å². The highest BCUT2D eigenvalue weighted by Gasteiger charge is 2.27. The molecule has 0 atom stereocenters. The van der Waals surface area contributed by atoms with Gasteiger partial charge in [0.25, 0.3) is 0 Å². The number of oxime groups is 1. The number of carbonyl (C=O) groups is 1. The second-order valence-electron chi connectivity index (χ2n) is 5.01. The van der Waals surface area contributed by atoms with Crippen molar-refractivity contribution in [3.63, 3.8) is 0 Å². The third kappa shape index (κ3) is 3.05. The van der Waals surface area contributed by atoms with Gasteiger partial charge in [-0.25, -0.2) is 0 Å². The van der Waals surface area contributed by atoms with Gasteiger partial charge in [-0.3, -0.25) is 4.79 Å². The van der Waals surface area contributed by atoms with Crippen molar-refractivity contribution in [2.75, 3.05) is 7.05 Å². The SMILES string of the molecule is CN(Cc1cccc(C(N)=NO)c1)C(=O)C1CCC1. The zero-order chi connectivity index (χ0) is 13.8. The maximum atomic E-state index is 12.0. The quantitative estimate of drug-likeness (QED) is 0.373. The van der Waals surface area contributed by atoms with E-state index in [0.717, 1.165) is 24.8 Å². The maximum absolute atomic E-state index is 12.0. The lowest BCUT2D eigenvalue weighted by molar-refractivity contribution is -0.137. The lowest BCUT2D eigenvalue weighted by atomic mass is 9.84. The highest BCUT2D eigenvalue weighted by Crippen LogP contribution is 2.28. The maximum Gasteiger partial charge on any atom is 0.225 e. The number of amidine groups is 1. The molecule has 0 saturated heterocycles. The molecule has 1 aliphatic rings. The average molecular weight is 261 g/mol. The summed E-state index contributed by atoms with van der Waals surface area (Å²) in [5.41, 5.74) is 7.18. The molecular formula is C14H19N3O2. The Morgan fingerprint density at radius 1 is 1.53 bits per heavy atom. The van der Waals surface area contributed by atoms with E-state index in [1.807, 2.05) is 25.2 Å². The number of benzene rings is 1. The van der Waals surface area contributed by atoms with Crippen molar-refractivity contribution in [2.45, 2.75) is 25.8 Å². The summed E-state index contributed by atoms with van der Waals surface area (Å²) in [5.74, 6) is 0.493. The number of amides is 1. The molecule has 0 bridgehead atoms. The molecule has 2 rings (SSSR count). The van der Waals surface area contributed by atoms with Crippen LogP contribution in [0.5, 0.6) is 0 Å². The van der Waals surface area contributed by atoms with Crippen LogP contribution < -0.4 is 5.73 Å². The van der Waals surface area contributed by atoms with Gasteiger partial charge in [-0.05, 0) is 24.5 Å². The third-order valence-electron chi connectivity index (χ3n) is 3.58. The number of carbonyl (C=O) groups excluding carboxylic acids is 1. The molecule has 1 aliphatic carbocycles. The van der Waals surface area contributed by atoms with Gasteiger partial charge in [-0.15, -0.1) is 0 Å². The van der Waals surface area contributed by atoms with E-state index in [0.29, 0.717) is 12.1 Å². The third-order valence-corrected chi connectivity index (χ3v) is 3.58. The molecule has 19 heavy (non-hydrogen) atoms. The number of rotatable bonds is 4. The Balaban J connectivity index is 2.04. The Kier molecular flexibility index (Phi) is 4.04. The Labute approximate surface area is 112 Å². The van der Waals surface area contributed by atoms with Crippen molar-refractivity contribution in [3.05, 3.63) is 35.4 Å². The van der Waals surface area contributed by atoms with E-state index < -0.39 is 0 Å². The summed E-state index contributed by atoms with van der Waals surface area (Å²) >= 11 is 0. The lowest BCUT2D eigenvalue weighted by Crippen LogP contribution is -2.35. The molecule has 1 amide bonds. The van der Waals surface area contributed by atoms with E-state index in [-0.39, 0.29) is 17.7 Å². The molecule has 3 N–H and O–H groups in total. The van der Waals surface area contributed by atoms with Crippen LogP contribution in [-0.2, 0) is 11.3 Å². The smallest absolute Gasteiger partial charge is 0.225 e. The van der Waals surface area contributed by atoms with Crippen LogP contribution in [0.3, 0.4) is 0 Å². The highest BCUT2D eigenvalue weighted by molar-refractivity contribution is 5.97. The molecular weight excluding hydrogens is 242 g/mol. The van der Waals surface area contributed by atoms with Crippen LogP contribution in [0.4, 0.5) is 0 Å². The van der Waals surface area contributed by atoms with E-state index in [4.69, 9.17) is 10.9 Å². The summed E-state index contributed by atoms with van der Waals surface area (Å²) in [6, 6.07) is 7.37. The minimum absolute atomic E-state index is 0.0785. The van der Waals surface area contributed by atoms with Gasteiger partial charge in [-0.2, -0.15) is 0 Å². The van der Waals surface area contributed by atoms with Crippen LogP contribution in [0.1, 0.15) is 30.4 Å². The fourth-order valence-electron chi connectivity index (χ4n) is 2.21. The van der Waals surface area contributed by atoms with Gasteiger partial charge in [0.15, 0.2) is 5.84 Å². The first-order valence-electron chi connectivity index (χ1n) is 6.43. The molecule has 1 aromatic carbocycles. The van der Waals surface area contributed by atoms with Crippen molar-refractivity contribution >= 4 is 11.7 Å². The van der Waals surface area contributed by atoms with Crippen molar-refractivity contribution in [1.29, 1.82) is 0 Å². The molecule has 0 unspecified atom stereocenters. The first-order valence-corrected chi connectivity index (χ1v) is 6.43. The summed E-state index contributed by atoms with van der Waals surface area (Å²) in [4.78, 5) is 13.8. The predicted molar refractivity (Wildman–Crippen MR) is 72.8 cm³/mol. The van der Waals surface area contributed by atoms with Gasteiger partial charge >= 0.3 is 0 Å². The Bertz CT molecular complexity index is 495. The zero-order valence-corrected chi connectivity index (χ0v) is 11.0. The normalized spacial score (nSPS) is 15.9. The van der Waals surface area contributed by atoms with Crippen molar-refractivity contribution in [1.82, 2.24) is 4.90 Å². The van der Waals surface area contributed by atoms with Crippen molar-refractivity contribution in [2.24, 2.45) is 16.8 Å². The van der Waals surface area contributed by atoms with E-state index >= 15 is 0 Å². The fraction of sp³-hybridized carbons (Fsp3) is 0.429. The van der Waals surface area contributed by atoms with Crippen LogP contribution in [-0.4, -0.2) is 28.9 Å². The van der Waals surface area contributed by atoms with Gasteiger partial charge < -0.3 is 15.8 Å². The van der Waals surface area contributed by atoms with Crippen molar-refractivity contribution < 1.29 is 10.0 Å². The molecule has 5 nitrogen and oxygen atoms in total. The Hall–Kier alpha value is -2.04. The van der Waals surface area contributed by atoms with Gasteiger partial charge in [0.1, 0.15) is 0 Å². The lowest BCUT2D eigenvalue weighted by Gasteiger charge is -2.29. The van der Waals surface area contributed by atoms with Crippen LogP contribution >= 0.6 is 0 Å². The van der Waals surface area contributed by atoms with E-state index in [1.165, 1.54) is 0 Å². The second kappa shape index (κ2) is 5.73. The second-order valence-corrected chi connectivity index (χ2v) is 5.01. The molecule has 1 fully saturated rings. The molecule has 0 aromatic heterocycles. The number of hydrogen-bond donors (Lipinski definition) is 2. The first-order chi connectivity index (χ1) is 9.11. The zero-order valence-electron chi connectivity index (χ0n) is 11.0. The average Bonchev–Trinajstić information content (AvgIpc) is 2.36. The minimum Gasteiger partial charge on any atom is -0.409 e. The van der Waals surface area contributed by atoms with E-state index in [2.05, 4.69) is 5.16 Å². The van der Waals surface area contributed by atoms with Crippen LogP contribution in [0.2, 0.25) is 0 Å². The molecule has 1 aromatic rings. The molecule has 0 heterocycles. The summed E-state index contributed by atoms with van der Waals surface area (Å²) in [6.45, 7) is 0.544. The fourth-order valence-corrected chi connectivity index (χ4v) is 2.21. The first kappa shape index (κ1) is 13.4. The van der Waals surface area contributed by atoms with Crippen LogP contribution in [0.15, 0.2) is 29.4 Å². The van der Waals surface area contributed by atoms with Gasteiger partial charge in [0.05, 0.1) is 0 Å². The molecule has 0 aliphatic heterocycles. The molecule has 0 radical (unpaired) electrons. The Morgan fingerprint density at radius 2 is 2.26 bits per heavy atom. The molecule has 0 spiro atoms. The van der Waals surface area contributed by atoms with E-state index in [1.54, 1.807) is 11.0 Å². The van der Waals surface area contributed by atoms with Gasteiger partial charge in [0, 0.05) is 25.1 Å². The van der Waals surface area contributed by atoms with Crippen molar-refractivity contribution in [3.8, 4) is 0 Å². The minimum atomic E-state index is 0.0785. The summed E-state index contributed by atoms with van der Waals surface area (Å²) < 4.78 is 0. The van der Waals surface area contributed by atoms with Crippen LogP contribution in [0, 0.1) is 5.92 Å². The topological polar surface area (TPSA) is 78.9 Å². The number of hydrogen-bond acceptors (Lipinski definition) is 3. The monoisotopic (exact) mass is 261 g/mol. The number of nitrogens with zero attached hydrogens (tertiary/aromatic N) is 2. The Morgan fingerprint density at radius 3 is 2.84 bits per heavy atom. The summed E-state index contributed by atoms with van der Waals surface area (Å²) in [5, 5.41) is 11.6. The highest BCUT2D eigenvalue weighted by atomic mass is 16.4. The molecule has 102 valence electrons. The summed E-state index contributed by atoms with van der Waals surface area (Å²) in [7, 11) is 1.82. The van der Waals surface area contributed by atoms with Gasteiger partial charge in [-0.1, -0.05) is 29.8 Å². The largest absolute Gasteiger partial charge is 0.409 e. The van der Waals surface area contributed by atoms with Crippen LogP contribution in [0.25, 0.3) is 0 Å². The summed E-state index contributed by atoms with van der Waals surface area (Å²) in [6.07, 6.45) is 3.17. The standard InChI is InChI=1S/C14H19N3O2/c1-17(14(18)11-5-3-6-11)9-10-4-2-7-12(8-10)13(15)16-19/h2,4,7-8,11,19H,3,5-6,9H2,1H3,(H2,15,16). The van der Waals surface area contributed by atoms with E-state index in [9.17, 15) is 4.79 Å². The number of nitrogens with two attached hydrogens (primary N) is 1. The predicted octanol–water partition coefficient (Wildman–Crippen LogP) is 1.54.